The van der Waals surface area contributed by atoms with Gasteiger partial charge in [0.05, 0.1) is 11.7 Å². The summed E-state index contributed by atoms with van der Waals surface area (Å²) < 4.78 is 0.773. The molecule has 0 aliphatic rings. The summed E-state index contributed by atoms with van der Waals surface area (Å²) in [5, 5.41) is 4.71. The minimum Gasteiger partial charge on any atom is -0.376 e. The molecule has 0 fully saturated rings. The van der Waals surface area contributed by atoms with Gasteiger partial charge in [0.1, 0.15) is 4.60 Å². The monoisotopic (exact) mass is 344 g/mol. The molecule has 2 nitrogen and oxygen atoms in total. The number of rotatable bonds is 3. The average Bonchev–Trinajstić information content (AvgIpc) is 2.35. The Balaban J connectivity index is 2.25. The molecule has 0 spiro atoms. The van der Waals surface area contributed by atoms with Gasteiger partial charge >= 0.3 is 0 Å². The van der Waals surface area contributed by atoms with Gasteiger partial charge < -0.3 is 5.32 Å². The van der Waals surface area contributed by atoms with E-state index in [0.29, 0.717) is 10.0 Å². The second kappa shape index (κ2) is 5.91. The number of benzene rings is 1. The highest BCUT2D eigenvalue weighted by Gasteiger charge is 2.11. The molecule has 0 saturated heterocycles. The maximum Gasteiger partial charge on any atom is 0.129 e. The molecule has 1 atom stereocenters. The van der Waals surface area contributed by atoms with Crippen LogP contribution in [0.1, 0.15) is 18.5 Å². The molecule has 1 aromatic carbocycles. The van der Waals surface area contributed by atoms with Gasteiger partial charge in [-0.05, 0) is 58.7 Å². The Hall–Kier alpha value is -0.770. The summed E-state index contributed by atoms with van der Waals surface area (Å²) in [6, 6.07) is 9.31. The van der Waals surface area contributed by atoms with Gasteiger partial charge in [-0.25, -0.2) is 4.98 Å². The van der Waals surface area contributed by atoms with E-state index in [1.807, 2.05) is 25.1 Å². The van der Waals surface area contributed by atoms with Gasteiger partial charge in [0.25, 0.3) is 0 Å². The van der Waals surface area contributed by atoms with E-state index >= 15 is 0 Å². The van der Waals surface area contributed by atoms with Crippen molar-refractivity contribution in [2.75, 3.05) is 5.32 Å². The first kappa shape index (κ1) is 13.7. The predicted octanol–water partition coefficient (Wildman–Crippen LogP) is 5.32. The smallest absolute Gasteiger partial charge is 0.129 e. The van der Waals surface area contributed by atoms with E-state index in [1.54, 1.807) is 18.3 Å². The van der Waals surface area contributed by atoms with Gasteiger partial charge in [-0.3, -0.25) is 0 Å². The topological polar surface area (TPSA) is 24.9 Å². The third kappa shape index (κ3) is 3.16. The van der Waals surface area contributed by atoms with Gasteiger partial charge in [-0.1, -0.05) is 23.2 Å². The fourth-order valence-corrected chi connectivity index (χ4v) is 2.48. The summed E-state index contributed by atoms with van der Waals surface area (Å²) in [5.74, 6) is 0. The van der Waals surface area contributed by atoms with Crippen LogP contribution in [0.25, 0.3) is 0 Å². The minimum atomic E-state index is 0.0386. The average molecular weight is 346 g/mol. The standard InChI is InChI=1S/C13H11BrCl2N2/c1-8(10-7-9(15)4-5-11(10)16)18-12-3-2-6-17-13(12)14/h2-8,18H,1H3. The molecule has 5 heteroatoms. The van der Waals surface area contributed by atoms with Crippen molar-refractivity contribution < 1.29 is 0 Å². The molecule has 18 heavy (non-hydrogen) atoms. The summed E-state index contributed by atoms with van der Waals surface area (Å²) in [5.41, 5.74) is 1.88. The Morgan fingerprint density at radius 2 is 2.06 bits per heavy atom. The number of nitrogens with one attached hydrogen (secondary N) is 1. The highest BCUT2D eigenvalue weighted by atomic mass is 79.9. The molecule has 0 radical (unpaired) electrons. The highest BCUT2D eigenvalue weighted by Crippen LogP contribution is 2.30. The van der Waals surface area contributed by atoms with Gasteiger partial charge in [-0.15, -0.1) is 0 Å². The molecule has 2 rings (SSSR count). The zero-order chi connectivity index (χ0) is 13.1. The normalized spacial score (nSPS) is 12.2. The van der Waals surface area contributed by atoms with E-state index in [0.717, 1.165) is 15.9 Å². The van der Waals surface area contributed by atoms with E-state index in [-0.39, 0.29) is 6.04 Å². The second-order valence-corrected chi connectivity index (χ2v) is 5.47. The van der Waals surface area contributed by atoms with Crippen LogP contribution in [0, 0.1) is 0 Å². The molecular weight excluding hydrogens is 335 g/mol. The second-order valence-electron chi connectivity index (χ2n) is 3.87. The first-order valence-corrected chi connectivity index (χ1v) is 6.95. The number of halogens is 3. The lowest BCUT2D eigenvalue weighted by Gasteiger charge is -2.17. The first-order valence-electron chi connectivity index (χ1n) is 5.40. The van der Waals surface area contributed by atoms with Crippen LogP contribution in [0.4, 0.5) is 5.69 Å². The van der Waals surface area contributed by atoms with Gasteiger partial charge in [0, 0.05) is 16.2 Å². The molecule has 1 aromatic heterocycles. The molecule has 94 valence electrons. The van der Waals surface area contributed by atoms with Crippen LogP contribution < -0.4 is 5.32 Å². The molecule has 2 aromatic rings. The van der Waals surface area contributed by atoms with Crippen LogP contribution in [0.2, 0.25) is 10.0 Å². The molecule has 0 aliphatic carbocycles. The van der Waals surface area contributed by atoms with Crippen molar-refractivity contribution in [2.45, 2.75) is 13.0 Å². The molecular formula is C13H11BrCl2N2. The molecule has 0 amide bonds. The Morgan fingerprint density at radius 3 is 2.78 bits per heavy atom. The van der Waals surface area contributed by atoms with Crippen molar-refractivity contribution >= 4 is 44.8 Å². The molecule has 0 saturated carbocycles. The van der Waals surface area contributed by atoms with Crippen molar-refractivity contribution in [1.29, 1.82) is 0 Å². The van der Waals surface area contributed by atoms with Crippen LogP contribution in [-0.2, 0) is 0 Å². The fraction of sp³-hybridized carbons (Fsp3) is 0.154. The number of hydrogen-bond donors (Lipinski definition) is 1. The van der Waals surface area contributed by atoms with Crippen LogP contribution in [0.15, 0.2) is 41.1 Å². The third-order valence-electron chi connectivity index (χ3n) is 2.56. The van der Waals surface area contributed by atoms with Gasteiger partial charge in [0.2, 0.25) is 0 Å². The van der Waals surface area contributed by atoms with Crippen molar-refractivity contribution in [3.8, 4) is 0 Å². The van der Waals surface area contributed by atoms with E-state index in [4.69, 9.17) is 23.2 Å². The van der Waals surface area contributed by atoms with E-state index in [1.165, 1.54) is 0 Å². The zero-order valence-corrected chi connectivity index (χ0v) is 12.7. The van der Waals surface area contributed by atoms with Crippen molar-refractivity contribution in [3.05, 3.63) is 56.7 Å². The lowest BCUT2D eigenvalue weighted by molar-refractivity contribution is 0.881. The number of anilines is 1. The quantitative estimate of drug-likeness (QED) is 0.761. The molecule has 1 unspecified atom stereocenters. The number of nitrogens with zero attached hydrogens (tertiary/aromatic N) is 1. The van der Waals surface area contributed by atoms with Crippen LogP contribution in [0.3, 0.4) is 0 Å². The Morgan fingerprint density at radius 1 is 1.28 bits per heavy atom. The first-order chi connectivity index (χ1) is 8.58. The van der Waals surface area contributed by atoms with E-state index in [2.05, 4.69) is 26.2 Å². The zero-order valence-electron chi connectivity index (χ0n) is 9.62. The molecule has 1 N–H and O–H groups in total. The van der Waals surface area contributed by atoms with Crippen LogP contribution >= 0.6 is 39.1 Å². The highest BCUT2D eigenvalue weighted by molar-refractivity contribution is 9.10. The number of hydrogen-bond acceptors (Lipinski definition) is 2. The summed E-state index contributed by atoms with van der Waals surface area (Å²) >= 11 is 15.6. The number of pyridine rings is 1. The summed E-state index contributed by atoms with van der Waals surface area (Å²) in [4.78, 5) is 4.16. The van der Waals surface area contributed by atoms with Crippen molar-refractivity contribution in [2.24, 2.45) is 0 Å². The largest absolute Gasteiger partial charge is 0.376 e. The summed E-state index contributed by atoms with van der Waals surface area (Å²) in [6.45, 7) is 2.02. The minimum absolute atomic E-state index is 0.0386. The van der Waals surface area contributed by atoms with Crippen LogP contribution in [-0.4, -0.2) is 4.98 Å². The summed E-state index contributed by atoms with van der Waals surface area (Å²) in [7, 11) is 0. The van der Waals surface area contributed by atoms with Gasteiger partial charge in [0.15, 0.2) is 0 Å². The van der Waals surface area contributed by atoms with Gasteiger partial charge in [-0.2, -0.15) is 0 Å². The summed E-state index contributed by atoms with van der Waals surface area (Å²) in [6.07, 6.45) is 1.73. The van der Waals surface area contributed by atoms with E-state index in [9.17, 15) is 0 Å². The number of aromatic nitrogens is 1. The fourth-order valence-electron chi connectivity index (χ4n) is 1.65. The predicted molar refractivity (Wildman–Crippen MR) is 80.4 cm³/mol. The molecule has 1 heterocycles. The van der Waals surface area contributed by atoms with Crippen molar-refractivity contribution in [1.82, 2.24) is 4.98 Å². The lowest BCUT2D eigenvalue weighted by atomic mass is 10.1. The Labute approximate surface area is 124 Å². The maximum atomic E-state index is 6.17. The van der Waals surface area contributed by atoms with E-state index < -0.39 is 0 Å². The lowest BCUT2D eigenvalue weighted by Crippen LogP contribution is -2.08. The van der Waals surface area contributed by atoms with Crippen LogP contribution in [0.5, 0.6) is 0 Å². The SMILES string of the molecule is CC(Nc1cccnc1Br)c1cc(Cl)ccc1Cl. The third-order valence-corrected chi connectivity index (χ3v) is 3.77. The Kier molecular flexibility index (Phi) is 4.49. The Bertz CT molecular complexity index is 560. The van der Waals surface area contributed by atoms with Crippen molar-refractivity contribution in [3.63, 3.8) is 0 Å². The maximum absolute atomic E-state index is 6.17. The molecule has 0 bridgehead atoms. The molecule has 0 aliphatic heterocycles.